The molecule has 0 amide bonds. The summed E-state index contributed by atoms with van der Waals surface area (Å²) < 4.78 is 11.4. The molecule has 0 saturated carbocycles. The molecule has 1 fully saturated rings. The van der Waals surface area contributed by atoms with Gasteiger partial charge in [-0.1, -0.05) is 48.5 Å². The van der Waals surface area contributed by atoms with Gasteiger partial charge >= 0.3 is 0 Å². The second-order valence-corrected chi connectivity index (χ2v) is 10.5. The van der Waals surface area contributed by atoms with Gasteiger partial charge in [-0.05, 0) is 24.1 Å². The number of aromatic nitrogens is 2. The van der Waals surface area contributed by atoms with Crippen molar-refractivity contribution in [2.45, 2.75) is 19.6 Å². The minimum Gasteiger partial charge on any atom is -0.491 e. The maximum atomic E-state index is 13.2. The molecule has 2 aromatic heterocycles. The van der Waals surface area contributed by atoms with Crippen LogP contribution in [0.5, 0.6) is 5.75 Å². The smallest absolute Gasteiger partial charge is 0.260 e. The zero-order valence-electron chi connectivity index (χ0n) is 21.6. The van der Waals surface area contributed by atoms with Crippen molar-refractivity contribution in [3.05, 3.63) is 81.7 Å². The molecule has 38 heavy (non-hydrogen) atoms. The number of H-pyrrole nitrogens is 1. The van der Waals surface area contributed by atoms with Crippen LogP contribution in [0.2, 0.25) is 0 Å². The maximum Gasteiger partial charge on any atom is 0.260 e. The molecular formula is C29H34N4O4S. The first kappa shape index (κ1) is 26.5. The summed E-state index contributed by atoms with van der Waals surface area (Å²) in [5.41, 5.74) is 2.80. The van der Waals surface area contributed by atoms with E-state index in [9.17, 15) is 9.90 Å². The first-order valence-electron chi connectivity index (χ1n) is 13.0. The van der Waals surface area contributed by atoms with Crippen LogP contribution in [0.15, 0.2) is 64.8 Å². The Labute approximate surface area is 226 Å². The third kappa shape index (κ3) is 6.67. The van der Waals surface area contributed by atoms with Gasteiger partial charge in [0.15, 0.2) is 0 Å². The highest BCUT2D eigenvalue weighted by atomic mass is 32.1. The molecular weight excluding hydrogens is 500 g/mol. The predicted octanol–water partition coefficient (Wildman–Crippen LogP) is 3.53. The normalized spacial score (nSPS) is 15.2. The van der Waals surface area contributed by atoms with Gasteiger partial charge in [0.2, 0.25) is 0 Å². The second kappa shape index (κ2) is 12.6. The number of aromatic amines is 1. The fraction of sp³-hybridized carbons (Fsp3) is 0.379. The fourth-order valence-electron chi connectivity index (χ4n) is 4.71. The van der Waals surface area contributed by atoms with E-state index in [1.807, 2.05) is 66.9 Å². The zero-order chi connectivity index (χ0) is 26.3. The summed E-state index contributed by atoms with van der Waals surface area (Å²) in [5, 5.41) is 13.5. The molecule has 0 bridgehead atoms. The van der Waals surface area contributed by atoms with Crippen molar-refractivity contribution in [2.24, 2.45) is 0 Å². The first-order valence-corrected chi connectivity index (χ1v) is 13.9. The number of aryl methyl sites for hydroxylation is 1. The van der Waals surface area contributed by atoms with Gasteiger partial charge in [-0.2, -0.15) is 0 Å². The Kier molecular flexibility index (Phi) is 8.83. The molecule has 1 aliphatic rings. The summed E-state index contributed by atoms with van der Waals surface area (Å²) in [4.78, 5) is 26.2. The molecule has 3 heterocycles. The molecule has 1 aliphatic heterocycles. The lowest BCUT2D eigenvalue weighted by atomic mass is 10.1. The second-order valence-electron chi connectivity index (χ2n) is 9.63. The van der Waals surface area contributed by atoms with E-state index in [1.54, 1.807) is 0 Å². The monoisotopic (exact) mass is 534 g/mol. The zero-order valence-corrected chi connectivity index (χ0v) is 22.5. The van der Waals surface area contributed by atoms with E-state index >= 15 is 0 Å². The van der Waals surface area contributed by atoms with Crippen LogP contribution < -0.4 is 10.3 Å². The predicted molar refractivity (Wildman–Crippen MR) is 151 cm³/mol. The minimum absolute atomic E-state index is 0.137. The highest BCUT2D eigenvalue weighted by Gasteiger charge is 2.19. The van der Waals surface area contributed by atoms with Gasteiger partial charge in [-0.3, -0.25) is 14.6 Å². The van der Waals surface area contributed by atoms with E-state index in [4.69, 9.17) is 14.5 Å². The van der Waals surface area contributed by atoms with E-state index < -0.39 is 6.10 Å². The summed E-state index contributed by atoms with van der Waals surface area (Å²) in [7, 11) is 0. The van der Waals surface area contributed by atoms with Crippen LogP contribution in [0.4, 0.5) is 0 Å². The van der Waals surface area contributed by atoms with Crippen molar-refractivity contribution in [2.75, 3.05) is 52.5 Å². The van der Waals surface area contributed by atoms with Gasteiger partial charge in [0.1, 0.15) is 29.1 Å². The van der Waals surface area contributed by atoms with Gasteiger partial charge in [0.25, 0.3) is 5.56 Å². The average Bonchev–Trinajstić information content (AvgIpc) is 3.37. The minimum atomic E-state index is -0.693. The molecule has 200 valence electrons. The Morgan fingerprint density at radius 1 is 1.16 bits per heavy atom. The van der Waals surface area contributed by atoms with Gasteiger partial charge in [-0.25, -0.2) is 4.98 Å². The molecule has 9 heteroatoms. The van der Waals surface area contributed by atoms with Crippen molar-refractivity contribution in [3.8, 4) is 16.9 Å². The number of ether oxygens (including phenoxy) is 2. The van der Waals surface area contributed by atoms with Gasteiger partial charge in [0, 0.05) is 43.7 Å². The lowest BCUT2D eigenvalue weighted by molar-refractivity contribution is 0.0252. The molecule has 5 rings (SSSR count). The topological polar surface area (TPSA) is 90.9 Å². The number of hydrogen-bond donors (Lipinski definition) is 2. The fourth-order valence-corrected chi connectivity index (χ4v) is 5.67. The van der Waals surface area contributed by atoms with Gasteiger partial charge < -0.3 is 19.6 Å². The van der Waals surface area contributed by atoms with E-state index in [-0.39, 0.29) is 12.2 Å². The van der Waals surface area contributed by atoms with Crippen LogP contribution in [0, 0.1) is 6.92 Å². The highest BCUT2D eigenvalue weighted by Crippen LogP contribution is 2.30. The molecule has 0 unspecified atom stereocenters. The van der Waals surface area contributed by atoms with Crippen LogP contribution in [-0.2, 0) is 11.3 Å². The molecule has 0 spiro atoms. The van der Waals surface area contributed by atoms with Gasteiger partial charge in [-0.15, -0.1) is 11.3 Å². The summed E-state index contributed by atoms with van der Waals surface area (Å²) in [6.45, 7) is 7.83. The number of thiophene rings is 1. The number of aliphatic hydroxyl groups excluding tert-OH is 1. The third-order valence-electron chi connectivity index (χ3n) is 6.78. The van der Waals surface area contributed by atoms with Crippen LogP contribution in [0.3, 0.4) is 0 Å². The summed E-state index contributed by atoms with van der Waals surface area (Å²) in [5.74, 6) is 1.37. The van der Waals surface area contributed by atoms with E-state index in [0.717, 1.165) is 66.7 Å². The Morgan fingerprint density at radius 2 is 1.92 bits per heavy atom. The molecule has 1 atom stereocenters. The van der Waals surface area contributed by atoms with E-state index in [2.05, 4.69) is 14.8 Å². The number of benzene rings is 2. The average molecular weight is 535 g/mol. The number of hydrogen-bond acceptors (Lipinski definition) is 8. The molecule has 2 N–H and O–H groups in total. The molecule has 1 saturated heterocycles. The van der Waals surface area contributed by atoms with Crippen molar-refractivity contribution in [1.82, 2.24) is 19.8 Å². The maximum absolute atomic E-state index is 13.2. The number of morpholine rings is 1. The molecule has 8 nitrogen and oxygen atoms in total. The summed E-state index contributed by atoms with van der Waals surface area (Å²) in [6, 6.07) is 17.7. The van der Waals surface area contributed by atoms with Gasteiger partial charge in [0.05, 0.1) is 25.1 Å². The largest absolute Gasteiger partial charge is 0.491 e. The van der Waals surface area contributed by atoms with Crippen molar-refractivity contribution >= 4 is 21.6 Å². The standard InChI is InChI=1S/C29H34N4O4S/c1-21-7-5-6-10-25(21)37-19-23(34)17-33(12-11-32-13-15-36-16-14-32)18-26-30-28(35)27-24(20-38-29(27)31-26)22-8-3-2-4-9-22/h2-10,20,23,34H,11-19H2,1H3,(H,30,31,35)/t23-/m0/s1. The molecule has 0 radical (unpaired) electrons. The Hall–Kier alpha value is -3.08. The van der Waals surface area contributed by atoms with Crippen LogP contribution in [0.1, 0.15) is 11.4 Å². The quantitative estimate of drug-likeness (QED) is 0.304. The number of aliphatic hydroxyl groups is 1. The SMILES string of the molecule is Cc1ccccc1OC[C@@H](O)CN(CCN1CCOCC1)Cc1nc2scc(-c3ccccc3)c2c(=O)[nH]1. The summed E-state index contributed by atoms with van der Waals surface area (Å²) >= 11 is 1.48. The Balaban J connectivity index is 1.30. The number of para-hydroxylation sites is 1. The van der Waals surface area contributed by atoms with E-state index in [0.29, 0.717) is 24.3 Å². The Bertz CT molecular complexity index is 1380. The first-order chi connectivity index (χ1) is 18.6. The molecule has 2 aromatic carbocycles. The number of rotatable bonds is 11. The van der Waals surface area contributed by atoms with Crippen molar-refractivity contribution in [3.63, 3.8) is 0 Å². The lowest BCUT2D eigenvalue weighted by Crippen LogP contribution is -2.44. The molecule has 4 aromatic rings. The van der Waals surface area contributed by atoms with E-state index in [1.165, 1.54) is 11.3 Å². The number of nitrogens with one attached hydrogen (secondary N) is 1. The van der Waals surface area contributed by atoms with Crippen molar-refractivity contribution in [1.29, 1.82) is 0 Å². The highest BCUT2D eigenvalue weighted by molar-refractivity contribution is 7.17. The summed E-state index contributed by atoms with van der Waals surface area (Å²) in [6.07, 6.45) is -0.693. The number of nitrogens with zero attached hydrogens (tertiary/aromatic N) is 3. The van der Waals surface area contributed by atoms with Crippen LogP contribution in [-0.4, -0.2) is 83.5 Å². The Morgan fingerprint density at radius 3 is 2.71 bits per heavy atom. The van der Waals surface area contributed by atoms with Crippen molar-refractivity contribution < 1.29 is 14.6 Å². The lowest BCUT2D eigenvalue weighted by Gasteiger charge is -2.30. The van der Waals surface area contributed by atoms with Crippen LogP contribution >= 0.6 is 11.3 Å². The molecule has 0 aliphatic carbocycles. The third-order valence-corrected chi connectivity index (χ3v) is 7.65. The van der Waals surface area contributed by atoms with Crippen LogP contribution in [0.25, 0.3) is 21.3 Å². The number of fused-ring (bicyclic) bond motifs is 1.